The van der Waals surface area contributed by atoms with Crippen molar-refractivity contribution < 1.29 is 0 Å². The first-order valence-electron chi connectivity index (χ1n) is 10.0. The first-order chi connectivity index (χ1) is 13.9. The lowest BCUT2D eigenvalue weighted by atomic mass is 9.77. The Labute approximate surface area is 163 Å². The van der Waals surface area contributed by atoms with Crippen LogP contribution in [-0.4, -0.2) is 9.97 Å². The molecule has 0 spiro atoms. The van der Waals surface area contributed by atoms with Crippen molar-refractivity contribution in [3.63, 3.8) is 0 Å². The Balaban J connectivity index is 1.62. The van der Waals surface area contributed by atoms with Crippen LogP contribution in [0.25, 0.3) is 32.4 Å². The third kappa shape index (κ3) is 2.34. The van der Waals surface area contributed by atoms with E-state index in [-0.39, 0.29) is 0 Å². The minimum absolute atomic E-state index is 0.353. The Morgan fingerprint density at radius 1 is 0.750 bits per heavy atom. The normalized spacial score (nSPS) is 16.5. The lowest BCUT2D eigenvalue weighted by Gasteiger charge is -2.27. The van der Waals surface area contributed by atoms with E-state index in [1.807, 2.05) is 18.5 Å². The van der Waals surface area contributed by atoms with E-state index in [1.54, 1.807) is 0 Å². The van der Waals surface area contributed by atoms with Crippen LogP contribution < -0.4 is 0 Å². The number of pyridine rings is 2. The predicted octanol–water partition coefficient (Wildman–Crippen LogP) is 6.40. The standard InChI is InChI=1S/C26H20N2/c1-2-6-20-17(4-1)8-12-22-21(20)11-9-18-5-3-7-23(26(18)22)25-13-10-19-16-27-15-14-24(19)28-25/h1-2,4,6,8-16,23H,3,5,7H2. The topological polar surface area (TPSA) is 25.8 Å². The number of hydrogen-bond acceptors (Lipinski definition) is 2. The summed E-state index contributed by atoms with van der Waals surface area (Å²) in [7, 11) is 0. The van der Waals surface area contributed by atoms with E-state index in [9.17, 15) is 0 Å². The van der Waals surface area contributed by atoms with Crippen LogP contribution in [0.3, 0.4) is 0 Å². The van der Waals surface area contributed by atoms with Crippen LogP contribution in [-0.2, 0) is 6.42 Å². The SMILES string of the molecule is c1ccc2c(c1)ccc1c3c(ccc12)CCCC3c1ccc2cnccc2n1. The number of benzene rings is 3. The molecule has 2 aromatic heterocycles. The van der Waals surface area contributed by atoms with E-state index < -0.39 is 0 Å². The highest BCUT2D eigenvalue weighted by Gasteiger charge is 2.25. The fourth-order valence-corrected chi connectivity index (χ4v) is 4.90. The molecule has 28 heavy (non-hydrogen) atoms. The van der Waals surface area contributed by atoms with E-state index >= 15 is 0 Å². The van der Waals surface area contributed by atoms with Crippen molar-refractivity contribution in [3.05, 3.63) is 95.9 Å². The van der Waals surface area contributed by atoms with Gasteiger partial charge in [-0.15, -0.1) is 0 Å². The molecule has 2 heterocycles. The van der Waals surface area contributed by atoms with Gasteiger partial charge in [0.2, 0.25) is 0 Å². The molecule has 0 bridgehead atoms. The zero-order chi connectivity index (χ0) is 18.5. The van der Waals surface area contributed by atoms with Gasteiger partial charge in [-0.3, -0.25) is 9.97 Å². The van der Waals surface area contributed by atoms with E-state index in [0.717, 1.165) is 23.7 Å². The van der Waals surface area contributed by atoms with Gasteiger partial charge in [-0.2, -0.15) is 0 Å². The molecule has 0 N–H and O–H groups in total. The van der Waals surface area contributed by atoms with Gasteiger partial charge in [0.05, 0.1) is 5.52 Å². The maximum absolute atomic E-state index is 5.03. The molecule has 3 aromatic carbocycles. The highest BCUT2D eigenvalue weighted by molar-refractivity contribution is 6.09. The van der Waals surface area contributed by atoms with Crippen molar-refractivity contribution in [1.29, 1.82) is 0 Å². The number of fused-ring (bicyclic) bond motifs is 6. The van der Waals surface area contributed by atoms with Crippen molar-refractivity contribution in [2.75, 3.05) is 0 Å². The van der Waals surface area contributed by atoms with Crippen molar-refractivity contribution in [2.45, 2.75) is 25.2 Å². The summed E-state index contributed by atoms with van der Waals surface area (Å²) in [5.41, 5.74) is 5.18. The number of rotatable bonds is 1. The lowest BCUT2D eigenvalue weighted by molar-refractivity contribution is 0.610. The minimum Gasteiger partial charge on any atom is -0.264 e. The smallest absolute Gasteiger partial charge is 0.0736 e. The molecular weight excluding hydrogens is 340 g/mol. The van der Waals surface area contributed by atoms with Crippen molar-refractivity contribution >= 4 is 32.4 Å². The van der Waals surface area contributed by atoms with E-state index in [2.05, 4.69) is 65.6 Å². The molecule has 2 nitrogen and oxygen atoms in total. The molecule has 0 saturated heterocycles. The Hall–Kier alpha value is -3.26. The molecule has 0 amide bonds. The van der Waals surface area contributed by atoms with Crippen molar-refractivity contribution in [2.24, 2.45) is 0 Å². The van der Waals surface area contributed by atoms with Gasteiger partial charge < -0.3 is 0 Å². The summed E-state index contributed by atoms with van der Waals surface area (Å²) in [6.45, 7) is 0. The van der Waals surface area contributed by atoms with E-state index in [4.69, 9.17) is 4.98 Å². The van der Waals surface area contributed by atoms with Gasteiger partial charge in [0.25, 0.3) is 0 Å². The van der Waals surface area contributed by atoms with Crippen LogP contribution in [0.1, 0.15) is 35.6 Å². The van der Waals surface area contributed by atoms with Crippen LogP contribution in [0.5, 0.6) is 0 Å². The van der Waals surface area contributed by atoms with Crippen LogP contribution in [0.15, 0.2) is 79.1 Å². The monoisotopic (exact) mass is 360 g/mol. The first kappa shape index (κ1) is 15.8. The zero-order valence-corrected chi connectivity index (χ0v) is 15.6. The van der Waals surface area contributed by atoms with Gasteiger partial charge in [-0.25, -0.2) is 0 Å². The first-order valence-corrected chi connectivity index (χ1v) is 10.0. The van der Waals surface area contributed by atoms with Crippen molar-refractivity contribution in [1.82, 2.24) is 9.97 Å². The molecule has 1 aliphatic rings. The number of hydrogen-bond donors (Lipinski definition) is 0. The van der Waals surface area contributed by atoms with Crippen LogP contribution in [0, 0.1) is 0 Å². The molecule has 0 radical (unpaired) electrons. The summed E-state index contributed by atoms with van der Waals surface area (Å²) >= 11 is 0. The zero-order valence-electron chi connectivity index (χ0n) is 15.6. The highest BCUT2D eigenvalue weighted by Crippen LogP contribution is 2.42. The number of aromatic nitrogens is 2. The maximum atomic E-state index is 5.03. The Kier molecular flexibility index (Phi) is 3.45. The number of aryl methyl sites for hydroxylation is 1. The fourth-order valence-electron chi connectivity index (χ4n) is 4.90. The van der Waals surface area contributed by atoms with E-state index in [1.165, 1.54) is 44.8 Å². The molecule has 1 atom stereocenters. The largest absolute Gasteiger partial charge is 0.264 e. The summed E-state index contributed by atoms with van der Waals surface area (Å²) in [6.07, 6.45) is 7.25. The van der Waals surface area contributed by atoms with Gasteiger partial charge in [-0.1, -0.05) is 48.5 Å². The molecular formula is C26H20N2. The maximum Gasteiger partial charge on any atom is 0.0736 e. The Morgan fingerprint density at radius 2 is 1.64 bits per heavy atom. The van der Waals surface area contributed by atoms with Crippen molar-refractivity contribution in [3.8, 4) is 0 Å². The summed E-state index contributed by atoms with van der Waals surface area (Å²) < 4.78 is 0. The van der Waals surface area contributed by atoms with Gasteiger partial charge in [0.15, 0.2) is 0 Å². The second kappa shape index (κ2) is 6.13. The van der Waals surface area contributed by atoms with Gasteiger partial charge >= 0.3 is 0 Å². The average Bonchev–Trinajstić information content (AvgIpc) is 2.78. The third-order valence-electron chi connectivity index (χ3n) is 6.21. The number of nitrogens with zero attached hydrogens (tertiary/aromatic N) is 2. The van der Waals surface area contributed by atoms with Gasteiger partial charge in [-0.05, 0) is 70.1 Å². The van der Waals surface area contributed by atoms with Gasteiger partial charge in [0, 0.05) is 29.4 Å². The van der Waals surface area contributed by atoms with Gasteiger partial charge in [0.1, 0.15) is 0 Å². The molecule has 2 heteroatoms. The summed E-state index contributed by atoms with van der Waals surface area (Å²) in [5, 5.41) is 6.49. The highest BCUT2D eigenvalue weighted by atomic mass is 14.7. The molecule has 0 saturated carbocycles. The molecule has 0 fully saturated rings. The summed E-state index contributed by atoms with van der Waals surface area (Å²) in [4.78, 5) is 9.25. The molecule has 1 unspecified atom stereocenters. The predicted molar refractivity (Wildman–Crippen MR) is 116 cm³/mol. The second-order valence-electron chi connectivity index (χ2n) is 7.77. The molecule has 1 aliphatic carbocycles. The lowest BCUT2D eigenvalue weighted by Crippen LogP contribution is -2.13. The fraction of sp³-hybridized carbons (Fsp3) is 0.154. The molecule has 5 aromatic rings. The Morgan fingerprint density at radius 3 is 2.64 bits per heavy atom. The summed E-state index contributed by atoms with van der Waals surface area (Å²) in [6, 6.07) is 24.3. The van der Waals surface area contributed by atoms with Crippen LogP contribution in [0.4, 0.5) is 0 Å². The second-order valence-corrected chi connectivity index (χ2v) is 7.77. The molecule has 134 valence electrons. The molecule has 0 aliphatic heterocycles. The van der Waals surface area contributed by atoms with E-state index in [0.29, 0.717) is 5.92 Å². The minimum atomic E-state index is 0.353. The molecule has 6 rings (SSSR count). The average molecular weight is 360 g/mol. The van der Waals surface area contributed by atoms with Crippen LogP contribution >= 0.6 is 0 Å². The third-order valence-corrected chi connectivity index (χ3v) is 6.21. The summed E-state index contributed by atoms with van der Waals surface area (Å²) in [5.74, 6) is 0.353. The quantitative estimate of drug-likeness (QED) is 0.323. The van der Waals surface area contributed by atoms with Crippen LogP contribution in [0.2, 0.25) is 0 Å². The Bertz CT molecular complexity index is 1350.